The molecular weight excluding hydrogens is 459 g/mol. The molecule has 0 bridgehead atoms. The number of aromatic amines is 1. The Kier molecular flexibility index (Phi) is 4.90. The van der Waals surface area contributed by atoms with E-state index in [-0.39, 0.29) is 17.3 Å². The van der Waals surface area contributed by atoms with Gasteiger partial charge in [0.2, 0.25) is 5.75 Å². The fourth-order valence-corrected chi connectivity index (χ4v) is 5.10. The highest BCUT2D eigenvalue weighted by Gasteiger charge is 2.53. The molecule has 1 aromatic carbocycles. The Balaban J connectivity index is 1.59. The average molecular weight is 479 g/mol. The molecule has 34 heavy (non-hydrogen) atoms. The minimum Gasteiger partial charge on any atom is -0.449 e. The molecule has 0 radical (unpaired) electrons. The number of piperidine rings is 1. The van der Waals surface area contributed by atoms with E-state index < -0.39 is 41.3 Å². The van der Waals surface area contributed by atoms with Crippen LogP contribution in [0.1, 0.15) is 24.0 Å². The smallest absolute Gasteiger partial charge is 0.449 e. The van der Waals surface area contributed by atoms with E-state index in [0.717, 1.165) is 24.3 Å². The molecule has 1 saturated carbocycles. The third-order valence-corrected chi connectivity index (χ3v) is 6.78. The van der Waals surface area contributed by atoms with Gasteiger partial charge in [0.05, 0.1) is 5.69 Å². The van der Waals surface area contributed by atoms with Crippen LogP contribution in [0.15, 0.2) is 23.0 Å². The van der Waals surface area contributed by atoms with Gasteiger partial charge in [-0.25, -0.2) is 9.59 Å². The second-order valence-corrected chi connectivity index (χ2v) is 8.91. The highest BCUT2D eigenvalue weighted by molar-refractivity contribution is 5.83. The van der Waals surface area contributed by atoms with E-state index in [1.165, 1.54) is 0 Å². The van der Waals surface area contributed by atoms with Crippen LogP contribution < -0.4 is 25.7 Å². The van der Waals surface area contributed by atoms with Gasteiger partial charge in [-0.05, 0) is 41.9 Å². The average Bonchev–Trinajstić information content (AvgIpc) is 3.15. The van der Waals surface area contributed by atoms with Gasteiger partial charge in [0, 0.05) is 35.9 Å². The van der Waals surface area contributed by atoms with Crippen molar-refractivity contribution in [3.63, 3.8) is 0 Å². The SMILES string of the molecule is CC1Cc2cc(N3C[C@@H]4[C@@H](N)[C@@H]4C3)ccc2-c2[nH]c(=O)c(OC(=O)O)c(OC(=O)C(F)(F)F)c21. The Bertz CT molecular complexity index is 1260. The van der Waals surface area contributed by atoms with Crippen LogP contribution in [-0.4, -0.2) is 47.5 Å². The normalized spacial score (nSPS) is 24.7. The zero-order chi connectivity index (χ0) is 24.5. The molecule has 4 atom stereocenters. The van der Waals surface area contributed by atoms with Crippen LogP contribution in [0.3, 0.4) is 0 Å². The number of esters is 1. The molecule has 1 aliphatic heterocycles. The molecule has 4 N–H and O–H groups in total. The molecule has 1 saturated heterocycles. The first-order chi connectivity index (χ1) is 16.0. The Morgan fingerprint density at radius 2 is 1.85 bits per heavy atom. The first-order valence-corrected chi connectivity index (χ1v) is 10.6. The van der Waals surface area contributed by atoms with E-state index in [2.05, 4.69) is 19.4 Å². The van der Waals surface area contributed by atoms with Crippen LogP contribution in [0, 0.1) is 11.8 Å². The summed E-state index contributed by atoms with van der Waals surface area (Å²) in [7, 11) is 0. The molecule has 9 nitrogen and oxygen atoms in total. The largest absolute Gasteiger partial charge is 0.511 e. The number of ether oxygens (including phenoxy) is 2. The minimum absolute atomic E-state index is 0.0575. The lowest BCUT2D eigenvalue weighted by atomic mass is 9.81. The number of aromatic nitrogens is 1. The number of hydrogen-bond donors (Lipinski definition) is 3. The highest BCUT2D eigenvalue weighted by Crippen LogP contribution is 2.48. The number of anilines is 1. The maximum absolute atomic E-state index is 12.9. The van der Waals surface area contributed by atoms with Crippen LogP contribution in [0.25, 0.3) is 11.3 Å². The van der Waals surface area contributed by atoms with Crippen molar-refractivity contribution in [2.45, 2.75) is 31.5 Å². The lowest BCUT2D eigenvalue weighted by Crippen LogP contribution is -2.31. The quantitative estimate of drug-likeness (QED) is 0.572. The van der Waals surface area contributed by atoms with Crippen LogP contribution in [0.4, 0.5) is 23.7 Å². The van der Waals surface area contributed by atoms with Crippen LogP contribution in [-0.2, 0) is 11.2 Å². The van der Waals surface area contributed by atoms with E-state index in [9.17, 15) is 27.6 Å². The monoisotopic (exact) mass is 479 g/mol. The maximum atomic E-state index is 12.9. The minimum atomic E-state index is -5.36. The number of nitrogens with zero attached hydrogens (tertiary/aromatic N) is 1. The number of nitrogens with one attached hydrogen (secondary N) is 1. The van der Waals surface area contributed by atoms with Crippen molar-refractivity contribution in [2.75, 3.05) is 18.0 Å². The summed E-state index contributed by atoms with van der Waals surface area (Å²) in [5.41, 5.74) is 7.45. The number of halogens is 3. The Labute approximate surface area is 190 Å². The molecule has 0 amide bonds. The number of alkyl halides is 3. The Hall–Kier alpha value is -3.54. The number of carbonyl (C=O) groups excluding carboxylic acids is 1. The fraction of sp³-hybridized carbons (Fsp3) is 0.409. The number of carbonyl (C=O) groups is 2. The summed E-state index contributed by atoms with van der Waals surface area (Å²) in [6.45, 7) is 3.37. The van der Waals surface area contributed by atoms with Crippen LogP contribution in [0.5, 0.6) is 11.5 Å². The number of hydrogen-bond acceptors (Lipinski definition) is 7. The van der Waals surface area contributed by atoms with Crippen molar-refractivity contribution >= 4 is 17.8 Å². The van der Waals surface area contributed by atoms with Gasteiger partial charge in [-0.1, -0.05) is 13.0 Å². The third-order valence-electron chi connectivity index (χ3n) is 6.78. The van der Waals surface area contributed by atoms with Crippen molar-refractivity contribution in [3.05, 3.63) is 39.7 Å². The van der Waals surface area contributed by atoms with Gasteiger partial charge in [0.1, 0.15) is 0 Å². The number of nitrogens with two attached hydrogens (primary N) is 1. The molecule has 1 aromatic heterocycles. The van der Waals surface area contributed by atoms with E-state index in [1.54, 1.807) is 13.0 Å². The maximum Gasteiger partial charge on any atom is 0.511 e. The second-order valence-electron chi connectivity index (χ2n) is 8.91. The van der Waals surface area contributed by atoms with Gasteiger partial charge in [-0.3, -0.25) is 4.79 Å². The molecule has 12 heteroatoms. The van der Waals surface area contributed by atoms with Gasteiger partial charge in [0.15, 0.2) is 5.75 Å². The first kappa shape index (κ1) is 22.3. The van der Waals surface area contributed by atoms with E-state index in [0.29, 0.717) is 23.8 Å². The predicted octanol–water partition coefficient (Wildman–Crippen LogP) is 2.62. The summed E-state index contributed by atoms with van der Waals surface area (Å²) in [5.74, 6) is -4.03. The van der Waals surface area contributed by atoms with Crippen molar-refractivity contribution in [1.29, 1.82) is 0 Å². The van der Waals surface area contributed by atoms with Gasteiger partial charge in [-0.15, -0.1) is 0 Å². The summed E-state index contributed by atoms with van der Waals surface area (Å²) < 4.78 is 47.7. The number of pyridine rings is 1. The third kappa shape index (κ3) is 3.58. The predicted molar refractivity (Wildman–Crippen MR) is 112 cm³/mol. The van der Waals surface area contributed by atoms with E-state index in [1.807, 2.05) is 12.1 Å². The van der Waals surface area contributed by atoms with Crippen molar-refractivity contribution in [3.8, 4) is 22.8 Å². The molecule has 2 aromatic rings. The molecule has 3 aliphatic rings. The number of fused-ring (bicyclic) bond motifs is 4. The van der Waals surface area contributed by atoms with Gasteiger partial charge < -0.3 is 30.2 Å². The number of carboxylic acid groups (broad SMARTS) is 1. The topological polar surface area (TPSA) is 135 Å². The van der Waals surface area contributed by atoms with E-state index >= 15 is 0 Å². The highest BCUT2D eigenvalue weighted by atomic mass is 19.4. The summed E-state index contributed by atoms with van der Waals surface area (Å²) in [5, 5.41) is 8.96. The number of H-pyrrole nitrogens is 1. The molecule has 2 aliphatic carbocycles. The van der Waals surface area contributed by atoms with Crippen molar-refractivity contribution in [1.82, 2.24) is 4.98 Å². The van der Waals surface area contributed by atoms with E-state index in [4.69, 9.17) is 10.8 Å². The lowest BCUT2D eigenvalue weighted by Gasteiger charge is -2.29. The Morgan fingerprint density at radius 3 is 2.47 bits per heavy atom. The van der Waals surface area contributed by atoms with Gasteiger partial charge in [-0.2, -0.15) is 13.2 Å². The van der Waals surface area contributed by atoms with Crippen LogP contribution >= 0.6 is 0 Å². The first-order valence-electron chi connectivity index (χ1n) is 10.6. The summed E-state index contributed by atoms with van der Waals surface area (Å²) in [4.78, 5) is 40.0. The lowest BCUT2D eigenvalue weighted by molar-refractivity contribution is -0.189. The second kappa shape index (κ2) is 7.49. The van der Waals surface area contributed by atoms with Crippen LogP contribution in [0.2, 0.25) is 0 Å². The molecule has 180 valence electrons. The van der Waals surface area contributed by atoms with Crippen molar-refractivity contribution < 1.29 is 37.3 Å². The summed E-state index contributed by atoms with van der Waals surface area (Å²) in [6.07, 6.45) is -6.95. The molecule has 5 rings (SSSR count). The van der Waals surface area contributed by atoms with Crippen molar-refractivity contribution in [2.24, 2.45) is 17.6 Å². The zero-order valence-corrected chi connectivity index (χ0v) is 17.8. The fourth-order valence-electron chi connectivity index (χ4n) is 5.10. The summed E-state index contributed by atoms with van der Waals surface area (Å²) >= 11 is 0. The standard InChI is InChI=1S/C22H20F3N3O6/c1-8-4-9-5-10(28-6-12-13(7-28)15(12)26)2-3-11(9)16-14(8)17(33-20(30)22(23,24)25)18(19(29)27-16)34-21(31)32/h2-3,5,8,12-13,15H,4,6-7,26H2,1H3,(H,27,29)(H,31,32)/t8?,12-,13+,15+. The molecule has 2 heterocycles. The molecule has 2 fully saturated rings. The van der Waals surface area contributed by atoms with Gasteiger partial charge >= 0.3 is 18.3 Å². The molecule has 1 unspecified atom stereocenters. The zero-order valence-electron chi connectivity index (χ0n) is 17.8. The molecular formula is C22H20F3N3O6. The van der Waals surface area contributed by atoms with Gasteiger partial charge in [0.25, 0.3) is 5.56 Å². The summed E-state index contributed by atoms with van der Waals surface area (Å²) in [6, 6.07) is 5.79. The number of rotatable bonds is 3. The molecule has 0 spiro atoms. The Morgan fingerprint density at radius 1 is 1.18 bits per heavy atom. The number of benzene rings is 1.